The molecule has 2 heterocycles. The van der Waals surface area contributed by atoms with Crippen molar-refractivity contribution in [3.05, 3.63) is 59.4 Å². The van der Waals surface area contributed by atoms with Crippen molar-refractivity contribution < 1.29 is 0 Å². The first-order valence-corrected chi connectivity index (χ1v) is 9.68. The van der Waals surface area contributed by atoms with Gasteiger partial charge in [-0.25, -0.2) is 4.98 Å². The molecule has 2 aromatic heterocycles. The molecule has 1 aromatic carbocycles. The van der Waals surface area contributed by atoms with Crippen LogP contribution in [-0.4, -0.2) is 15.2 Å². The maximum absolute atomic E-state index is 6.20. The molecule has 0 bridgehead atoms. The van der Waals surface area contributed by atoms with E-state index in [1.54, 1.807) is 11.8 Å². The molecular weight excluding hydrogens is 352 g/mol. The molecule has 6 heteroatoms. The molecular formula is C19H19ClN4S. The number of benzene rings is 1. The zero-order chi connectivity index (χ0) is 17.1. The average molecular weight is 371 g/mol. The van der Waals surface area contributed by atoms with Crippen molar-refractivity contribution in [2.45, 2.75) is 41.4 Å². The Balaban J connectivity index is 1.50. The number of rotatable bonds is 5. The zero-order valence-corrected chi connectivity index (χ0v) is 15.3. The summed E-state index contributed by atoms with van der Waals surface area (Å²) in [7, 11) is 0. The molecule has 1 aliphatic carbocycles. The van der Waals surface area contributed by atoms with E-state index in [4.69, 9.17) is 11.6 Å². The fraction of sp³-hybridized carbons (Fsp3) is 0.263. The molecule has 4 rings (SSSR count). The van der Waals surface area contributed by atoms with Crippen LogP contribution < -0.4 is 5.32 Å². The second kappa shape index (κ2) is 7.50. The summed E-state index contributed by atoms with van der Waals surface area (Å²) in [4.78, 5) is 6.57. The van der Waals surface area contributed by atoms with Gasteiger partial charge in [-0.3, -0.25) is 5.10 Å². The minimum Gasteiger partial charge on any atom is -0.323 e. The number of H-pyrrole nitrogens is 1. The second-order valence-electron chi connectivity index (χ2n) is 6.24. The van der Waals surface area contributed by atoms with E-state index in [1.807, 2.05) is 30.3 Å². The lowest BCUT2D eigenvalue weighted by atomic mass is 10.0. The van der Waals surface area contributed by atoms with E-state index in [9.17, 15) is 0 Å². The summed E-state index contributed by atoms with van der Waals surface area (Å²) in [6, 6.07) is 16.2. The SMILES string of the molecule is Clc1cc(Sc2ccccc2)cc(Nc2cc(C3CCCC3)[nH]n2)n1. The lowest BCUT2D eigenvalue weighted by molar-refractivity contribution is 0.693. The molecule has 3 aromatic rings. The third-order valence-electron chi connectivity index (χ3n) is 4.40. The molecule has 25 heavy (non-hydrogen) atoms. The van der Waals surface area contributed by atoms with E-state index < -0.39 is 0 Å². The van der Waals surface area contributed by atoms with Gasteiger partial charge in [-0.2, -0.15) is 5.10 Å². The van der Waals surface area contributed by atoms with Crippen molar-refractivity contribution in [2.24, 2.45) is 0 Å². The zero-order valence-electron chi connectivity index (χ0n) is 13.7. The Kier molecular flexibility index (Phi) is 4.95. The average Bonchev–Trinajstić information content (AvgIpc) is 3.26. The fourth-order valence-electron chi connectivity index (χ4n) is 3.20. The van der Waals surface area contributed by atoms with E-state index in [0.29, 0.717) is 16.9 Å². The third-order valence-corrected chi connectivity index (χ3v) is 5.57. The van der Waals surface area contributed by atoms with E-state index in [-0.39, 0.29) is 0 Å². The van der Waals surface area contributed by atoms with Crippen molar-refractivity contribution in [2.75, 3.05) is 5.32 Å². The predicted octanol–water partition coefficient (Wildman–Crippen LogP) is 6.01. The number of halogens is 1. The molecule has 0 atom stereocenters. The van der Waals surface area contributed by atoms with Gasteiger partial charge in [-0.1, -0.05) is 54.4 Å². The van der Waals surface area contributed by atoms with E-state index in [0.717, 1.165) is 10.7 Å². The van der Waals surface area contributed by atoms with Crippen LogP contribution in [-0.2, 0) is 0 Å². The highest BCUT2D eigenvalue weighted by Crippen LogP contribution is 2.34. The molecule has 4 nitrogen and oxygen atoms in total. The first-order chi connectivity index (χ1) is 12.3. The first kappa shape index (κ1) is 16.5. The Morgan fingerprint density at radius 2 is 1.80 bits per heavy atom. The highest BCUT2D eigenvalue weighted by atomic mass is 35.5. The largest absolute Gasteiger partial charge is 0.323 e. The Hall–Kier alpha value is -1.98. The number of anilines is 2. The predicted molar refractivity (Wildman–Crippen MR) is 103 cm³/mol. The van der Waals surface area contributed by atoms with Gasteiger partial charge in [-0.15, -0.1) is 0 Å². The molecule has 1 fully saturated rings. The van der Waals surface area contributed by atoms with Crippen LogP contribution in [0.3, 0.4) is 0 Å². The number of hydrogen-bond donors (Lipinski definition) is 2. The van der Waals surface area contributed by atoms with Gasteiger partial charge in [0.2, 0.25) is 0 Å². The standard InChI is InChI=1S/C19H19ClN4S/c20-17-10-15(25-14-8-2-1-3-9-14)11-18(21-17)22-19-12-16(23-24-19)13-6-4-5-7-13/h1-3,8-13H,4-7H2,(H2,21,22,23,24). The van der Waals surface area contributed by atoms with Crippen molar-refractivity contribution in [1.82, 2.24) is 15.2 Å². The summed E-state index contributed by atoms with van der Waals surface area (Å²) >= 11 is 7.86. The molecule has 0 saturated heterocycles. The van der Waals surface area contributed by atoms with Crippen molar-refractivity contribution in [3.63, 3.8) is 0 Å². The van der Waals surface area contributed by atoms with Gasteiger partial charge in [0.1, 0.15) is 11.0 Å². The molecule has 2 N–H and O–H groups in total. The maximum atomic E-state index is 6.20. The first-order valence-electron chi connectivity index (χ1n) is 8.49. The van der Waals surface area contributed by atoms with Gasteiger partial charge in [0.25, 0.3) is 0 Å². The number of nitrogens with zero attached hydrogens (tertiary/aromatic N) is 2. The van der Waals surface area contributed by atoms with Crippen LogP contribution in [0.5, 0.6) is 0 Å². The number of pyridine rings is 1. The Morgan fingerprint density at radius 1 is 1.00 bits per heavy atom. The van der Waals surface area contributed by atoms with E-state index in [1.165, 1.54) is 36.3 Å². The Morgan fingerprint density at radius 3 is 2.60 bits per heavy atom. The molecule has 0 aliphatic heterocycles. The van der Waals surface area contributed by atoms with E-state index >= 15 is 0 Å². The Labute approximate surface area is 156 Å². The highest BCUT2D eigenvalue weighted by Gasteiger charge is 2.19. The Bertz CT molecular complexity index is 844. The molecule has 0 unspecified atom stereocenters. The van der Waals surface area contributed by atoms with Crippen LogP contribution in [0.2, 0.25) is 5.15 Å². The molecule has 0 amide bonds. The molecule has 128 valence electrons. The maximum Gasteiger partial charge on any atom is 0.153 e. The molecule has 1 saturated carbocycles. The van der Waals surface area contributed by atoms with Crippen LogP contribution in [0.25, 0.3) is 0 Å². The summed E-state index contributed by atoms with van der Waals surface area (Å²) < 4.78 is 0. The minimum atomic E-state index is 0.468. The van der Waals surface area contributed by atoms with Crippen LogP contribution in [0.15, 0.2) is 58.3 Å². The monoisotopic (exact) mass is 370 g/mol. The van der Waals surface area contributed by atoms with E-state index in [2.05, 4.69) is 38.7 Å². The summed E-state index contributed by atoms with van der Waals surface area (Å²) in [5.41, 5.74) is 1.21. The number of hydrogen-bond acceptors (Lipinski definition) is 4. The highest BCUT2D eigenvalue weighted by molar-refractivity contribution is 7.99. The van der Waals surface area contributed by atoms with Crippen LogP contribution in [0, 0.1) is 0 Å². The lowest BCUT2D eigenvalue weighted by Crippen LogP contribution is -1.94. The topological polar surface area (TPSA) is 53.6 Å². The van der Waals surface area contributed by atoms with Gasteiger partial charge in [0.05, 0.1) is 0 Å². The molecule has 1 aliphatic rings. The second-order valence-corrected chi connectivity index (χ2v) is 7.78. The van der Waals surface area contributed by atoms with Gasteiger partial charge >= 0.3 is 0 Å². The van der Waals surface area contributed by atoms with Gasteiger partial charge in [0, 0.05) is 27.5 Å². The van der Waals surface area contributed by atoms with Crippen LogP contribution in [0.4, 0.5) is 11.6 Å². The summed E-state index contributed by atoms with van der Waals surface area (Å²) in [6.07, 6.45) is 5.11. The molecule has 0 radical (unpaired) electrons. The van der Waals surface area contributed by atoms with Gasteiger partial charge in [-0.05, 0) is 37.1 Å². The summed E-state index contributed by atoms with van der Waals surface area (Å²) in [5, 5.41) is 11.3. The fourth-order valence-corrected chi connectivity index (χ4v) is 4.38. The summed E-state index contributed by atoms with van der Waals surface area (Å²) in [5.74, 6) is 2.10. The number of aromatic nitrogens is 3. The summed E-state index contributed by atoms with van der Waals surface area (Å²) in [6.45, 7) is 0. The van der Waals surface area contributed by atoms with Crippen LogP contribution >= 0.6 is 23.4 Å². The smallest absolute Gasteiger partial charge is 0.153 e. The minimum absolute atomic E-state index is 0.468. The van der Waals surface area contributed by atoms with Crippen molar-refractivity contribution in [1.29, 1.82) is 0 Å². The van der Waals surface area contributed by atoms with Crippen molar-refractivity contribution >= 4 is 35.0 Å². The quantitative estimate of drug-likeness (QED) is 0.540. The van der Waals surface area contributed by atoms with Crippen LogP contribution in [0.1, 0.15) is 37.3 Å². The van der Waals surface area contributed by atoms with Gasteiger partial charge < -0.3 is 5.32 Å². The number of nitrogens with one attached hydrogen (secondary N) is 2. The lowest BCUT2D eigenvalue weighted by Gasteiger charge is -2.07. The normalized spacial score (nSPS) is 14.8. The van der Waals surface area contributed by atoms with Gasteiger partial charge in [0.15, 0.2) is 5.82 Å². The van der Waals surface area contributed by atoms with Crippen molar-refractivity contribution in [3.8, 4) is 0 Å². The third kappa shape index (κ3) is 4.17. The number of aromatic amines is 1. The molecule has 0 spiro atoms.